The van der Waals surface area contributed by atoms with Gasteiger partial charge in [0.1, 0.15) is 0 Å². The number of halogens is 4. The number of alkyl halides is 2. The summed E-state index contributed by atoms with van der Waals surface area (Å²) in [6, 6.07) is 1.84. The SMILES string of the molecule is CCCCCCCC1CCC(C2CCC3C(CCCC3C(=O)Oc3ccc(OC(F)F)c(F)c3F)C2)CC1. The normalized spacial score (nSPS) is 29.6. The molecule has 4 rings (SSSR count). The highest BCUT2D eigenvalue weighted by Crippen LogP contribution is 2.50. The average Bonchev–Trinajstić information content (AvgIpc) is 2.92. The van der Waals surface area contributed by atoms with Crippen LogP contribution in [0.1, 0.15) is 110 Å². The topological polar surface area (TPSA) is 35.5 Å². The van der Waals surface area contributed by atoms with E-state index in [9.17, 15) is 22.4 Å². The van der Waals surface area contributed by atoms with Gasteiger partial charge in [-0.3, -0.25) is 4.79 Å². The van der Waals surface area contributed by atoms with E-state index in [2.05, 4.69) is 11.7 Å². The summed E-state index contributed by atoms with van der Waals surface area (Å²) in [6.45, 7) is -1.02. The average molecular weight is 541 g/mol. The van der Waals surface area contributed by atoms with Gasteiger partial charge in [-0.05, 0) is 80.2 Å². The number of benzene rings is 1. The molecule has 0 aromatic heterocycles. The van der Waals surface area contributed by atoms with Crippen molar-refractivity contribution in [1.82, 2.24) is 0 Å². The van der Waals surface area contributed by atoms with E-state index in [-0.39, 0.29) is 11.8 Å². The van der Waals surface area contributed by atoms with Crippen LogP contribution in [0.4, 0.5) is 17.6 Å². The summed E-state index contributed by atoms with van der Waals surface area (Å²) in [5.41, 5.74) is 0. The lowest BCUT2D eigenvalue weighted by molar-refractivity contribution is -0.144. The van der Waals surface area contributed by atoms with Crippen molar-refractivity contribution in [3.05, 3.63) is 23.8 Å². The van der Waals surface area contributed by atoms with Gasteiger partial charge in [0.2, 0.25) is 11.6 Å². The molecule has 1 aromatic carbocycles. The van der Waals surface area contributed by atoms with Crippen molar-refractivity contribution < 1.29 is 31.8 Å². The number of hydrogen-bond donors (Lipinski definition) is 0. The number of rotatable bonds is 11. The zero-order chi connectivity index (χ0) is 27.1. The van der Waals surface area contributed by atoms with E-state index >= 15 is 0 Å². The molecular weight excluding hydrogens is 496 g/mol. The fourth-order valence-electron chi connectivity index (χ4n) is 7.67. The lowest BCUT2D eigenvalue weighted by Crippen LogP contribution is -2.40. The number of esters is 1. The van der Waals surface area contributed by atoms with Crippen molar-refractivity contribution in [1.29, 1.82) is 0 Å². The molecule has 7 heteroatoms. The maximum atomic E-state index is 14.4. The number of carbonyl (C=O) groups excluding carboxylic acids is 1. The van der Waals surface area contributed by atoms with Crippen LogP contribution < -0.4 is 9.47 Å². The van der Waals surface area contributed by atoms with Crippen molar-refractivity contribution in [2.75, 3.05) is 0 Å². The molecule has 4 atom stereocenters. The molecule has 0 aliphatic heterocycles. The zero-order valence-electron chi connectivity index (χ0n) is 22.7. The molecule has 0 radical (unpaired) electrons. The second kappa shape index (κ2) is 14.0. The van der Waals surface area contributed by atoms with Crippen LogP contribution >= 0.6 is 0 Å². The summed E-state index contributed by atoms with van der Waals surface area (Å²) in [6.07, 6.45) is 19.6. The fourth-order valence-corrected chi connectivity index (χ4v) is 7.67. The minimum Gasteiger partial charge on any atom is -0.432 e. The lowest BCUT2D eigenvalue weighted by Gasteiger charge is -2.46. The third-order valence-corrected chi connectivity index (χ3v) is 9.70. The zero-order valence-corrected chi connectivity index (χ0v) is 22.7. The van der Waals surface area contributed by atoms with Crippen LogP contribution in [-0.4, -0.2) is 12.6 Å². The second-order valence-electron chi connectivity index (χ2n) is 12.0. The second-order valence-corrected chi connectivity index (χ2v) is 12.0. The van der Waals surface area contributed by atoms with Gasteiger partial charge in [0.25, 0.3) is 0 Å². The van der Waals surface area contributed by atoms with Gasteiger partial charge in [-0.25, -0.2) is 0 Å². The first-order valence-electron chi connectivity index (χ1n) is 15.0. The van der Waals surface area contributed by atoms with Crippen LogP contribution in [-0.2, 0) is 4.79 Å². The predicted molar refractivity (Wildman–Crippen MR) is 139 cm³/mol. The molecule has 3 saturated carbocycles. The maximum absolute atomic E-state index is 14.4. The van der Waals surface area contributed by atoms with Crippen LogP contribution in [0.15, 0.2) is 12.1 Å². The highest BCUT2D eigenvalue weighted by Gasteiger charge is 2.43. The summed E-state index contributed by atoms with van der Waals surface area (Å²) in [4.78, 5) is 13.0. The number of ether oxygens (including phenoxy) is 2. The Bertz CT molecular complexity index is 899. The molecule has 3 aliphatic carbocycles. The highest BCUT2D eigenvalue weighted by atomic mass is 19.3. The molecule has 0 bridgehead atoms. The molecule has 0 spiro atoms. The molecule has 3 aliphatic rings. The van der Waals surface area contributed by atoms with E-state index in [0.29, 0.717) is 12.3 Å². The Kier molecular flexibility index (Phi) is 10.8. The van der Waals surface area contributed by atoms with Gasteiger partial charge in [0.05, 0.1) is 5.92 Å². The molecule has 0 amide bonds. The Labute approximate surface area is 225 Å². The molecule has 214 valence electrons. The van der Waals surface area contributed by atoms with Crippen molar-refractivity contribution in [3.63, 3.8) is 0 Å². The number of unbranched alkanes of at least 4 members (excludes halogenated alkanes) is 4. The van der Waals surface area contributed by atoms with E-state index in [1.807, 2.05) is 0 Å². The summed E-state index contributed by atoms with van der Waals surface area (Å²) in [5, 5.41) is 0. The standard InChI is InChI=1S/C31H44F4O3/c1-2-3-4-5-6-8-20-11-13-21(14-12-20)22-15-16-24-23(19-22)9-7-10-25(24)30(36)37-26-17-18-27(38-31(34)35)29(33)28(26)32/h17-18,20-25,31H,2-16,19H2,1H3. The molecule has 4 unspecified atom stereocenters. The van der Waals surface area contributed by atoms with E-state index in [4.69, 9.17) is 4.74 Å². The van der Waals surface area contributed by atoms with E-state index in [1.165, 1.54) is 64.2 Å². The minimum absolute atomic E-state index is 0.210. The Morgan fingerprint density at radius 1 is 0.842 bits per heavy atom. The fraction of sp³-hybridized carbons (Fsp3) is 0.774. The lowest BCUT2D eigenvalue weighted by atomic mass is 9.59. The van der Waals surface area contributed by atoms with Gasteiger partial charge in [0, 0.05) is 0 Å². The Morgan fingerprint density at radius 2 is 1.53 bits per heavy atom. The molecule has 1 aromatic rings. The largest absolute Gasteiger partial charge is 0.432 e. The molecule has 0 N–H and O–H groups in total. The van der Waals surface area contributed by atoms with E-state index in [1.54, 1.807) is 0 Å². The minimum atomic E-state index is -3.28. The molecule has 3 fully saturated rings. The summed E-state index contributed by atoms with van der Waals surface area (Å²) < 4.78 is 62.6. The van der Waals surface area contributed by atoms with Gasteiger partial charge in [-0.1, -0.05) is 71.1 Å². The summed E-state index contributed by atoms with van der Waals surface area (Å²) >= 11 is 0. The van der Waals surface area contributed by atoms with E-state index < -0.39 is 35.7 Å². The first-order valence-corrected chi connectivity index (χ1v) is 15.0. The molecule has 0 heterocycles. The monoisotopic (exact) mass is 540 g/mol. The van der Waals surface area contributed by atoms with Crippen molar-refractivity contribution in [2.45, 2.75) is 116 Å². The van der Waals surface area contributed by atoms with Crippen LogP contribution in [0.3, 0.4) is 0 Å². The molecule has 0 saturated heterocycles. The summed E-state index contributed by atoms with van der Waals surface area (Å²) in [7, 11) is 0. The smallest absolute Gasteiger partial charge is 0.387 e. The summed E-state index contributed by atoms with van der Waals surface area (Å²) in [5.74, 6) is -2.32. The Hall–Kier alpha value is -1.79. The number of fused-ring (bicyclic) bond motifs is 1. The van der Waals surface area contributed by atoms with Gasteiger partial charge < -0.3 is 9.47 Å². The third kappa shape index (κ3) is 7.44. The molecule has 38 heavy (non-hydrogen) atoms. The Morgan fingerprint density at radius 3 is 2.26 bits per heavy atom. The van der Waals surface area contributed by atoms with E-state index in [0.717, 1.165) is 62.0 Å². The van der Waals surface area contributed by atoms with Gasteiger partial charge in [-0.15, -0.1) is 0 Å². The van der Waals surface area contributed by atoms with Gasteiger partial charge in [0.15, 0.2) is 11.5 Å². The van der Waals surface area contributed by atoms with Crippen LogP contribution in [0.2, 0.25) is 0 Å². The van der Waals surface area contributed by atoms with Crippen LogP contribution in [0.25, 0.3) is 0 Å². The van der Waals surface area contributed by atoms with Gasteiger partial charge >= 0.3 is 12.6 Å². The number of hydrogen-bond acceptors (Lipinski definition) is 3. The maximum Gasteiger partial charge on any atom is 0.387 e. The Balaban J connectivity index is 1.26. The van der Waals surface area contributed by atoms with Crippen molar-refractivity contribution in [2.24, 2.45) is 35.5 Å². The van der Waals surface area contributed by atoms with Crippen LogP contribution in [0, 0.1) is 47.1 Å². The number of carbonyl (C=O) groups is 1. The third-order valence-electron chi connectivity index (χ3n) is 9.70. The van der Waals surface area contributed by atoms with Gasteiger partial charge in [-0.2, -0.15) is 17.6 Å². The van der Waals surface area contributed by atoms with Crippen molar-refractivity contribution >= 4 is 5.97 Å². The first-order chi connectivity index (χ1) is 18.4. The highest BCUT2D eigenvalue weighted by molar-refractivity contribution is 5.75. The van der Waals surface area contributed by atoms with Crippen LogP contribution in [0.5, 0.6) is 11.5 Å². The first kappa shape index (κ1) is 29.2. The molecule has 3 nitrogen and oxygen atoms in total. The predicted octanol–water partition coefficient (Wildman–Crippen LogP) is 9.47. The molecular formula is C31H44F4O3. The van der Waals surface area contributed by atoms with Crippen molar-refractivity contribution in [3.8, 4) is 11.5 Å². The quantitative estimate of drug-likeness (QED) is 0.121.